The van der Waals surface area contributed by atoms with Gasteiger partial charge >= 0.3 is 0 Å². The van der Waals surface area contributed by atoms with E-state index in [1.165, 1.54) is 5.56 Å². The van der Waals surface area contributed by atoms with Gasteiger partial charge in [-0.15, -0.1) is 0 Å². The maximum Gasteiger partial charge on any atom is 0.198 e. The Morgan fingerprint density at radius 1 is 1.12 bits per heavy atom. The predicted molar refractivity (Wildman–Crippen MR) is 103 cm³/mol. The van der Waals surface area contributed by atoms with E-state index >= 15 is 0 Å². The van der Waals surface area contributed by atoms with Gasteiger partial charge in [0.25, 0.3) is 0 Å². The third kappa shape index (κ3) is 4.39. The maximum absolute atomic E-state index is 12.3. The van der Waals surface area contributed by atoms with Crippen LogP contribution >= 0.6 is 0 Å². The number of nitrogens with zero attached hydrogens (tertiary/aromatic N) is 2. The number of aliphatic imine (C=N–C) groups is 1. The first kappa shape index (κ1) is 17.5. The molecule has 0 spiro atoms. The minimum absolute atomic E-state index is 0.0701. The lowest BCUT2D eigenvalue weighted by Gasteiger charge is -2.22. The summed E-state index contributed by atoms with van der Waals surface area (Å²) < 4.78 is 24.6. The molecule has 1 aliphatic heterocycles. The zero-order valence-electron chi connectivity index (χ0n) is 14.4. The predicted octanol–water partition coefficient (Wildman–Crippen LogP) is 2.24. The number of hydrogen-bond donors (Lipinski definition) is 1. The standard InChI is InChI=1S/C19H23N3O2S/c1-20-19(22-13-11-17-9-5-6-10-18(17)22)21-12-14-25(23,24)15-16-7-3-2-4-8-16/h2-10H,11-15H2,1H3,(H,20,21). The van der Waals surface area contributed by atoms with Crippen molar-refractivity contribution in [2.24, 2.45) is 4.99 Å². The number of fused-ring (bicyclic) bond motifs is 1. The summed E-state index contributed by atoms with van der Waals surface area (Å²) in [4.78, 5) is 6.42. The SMILES string of the molecule is CN=C(NCCS(=O)(=O)Cc1ccccc1)N1CCc2ccccc21. The van der Waals surface area contributed by atoms with Gasteiger partial charge in [0.1, 0.15) is 0 Å². The van der Waals surface area contributed by atoms with Gasteiger partial charge in [-0.25, -0.2) is 8.42 Å². The summed E-state index contributed by atoms with van der Waals surface area (Å²) in [5, 5.41) is 3.19. The van der Waals surface area contributed by atoms with Crippen LogP contribution in [0.15, 0.2) is 59.6 Å². The quantitative estimate of drug-likeness (QED) is 0.658. The molecule has 2 aromatic rings. The number of para-hydroxylation sites is 1. The van der Waals surface area contributed by atoms with Gasteiger partial charge in [0.05, 0.1) is 11.5 Å². The molecule has 0 saturated heterocycles. The number of rotatable bonds is 5. The summed E-state index contributed by atoms with van der Waals surface area (Å²) in [6, 6.07) is 17.5. The Bertz CT molecular complexity index is 848. The molecule has 0 aliphatic carbocycles. The van der Waals surface area contributed by atoms with Crippen molar-refractivity contribution in [1.29, 1.82) is 0 Å². The molecule has 0 bridgehead atoms. The van der Waals surface area contributed by atoms with E-state index < -0.39 is 9.84 Å². The second kappa shape index (κ2) is 7.70. The first-order valence-electron chi connectivity index (χ1n) is 8.39. The normalized spacial score (nSPS) is 14.4. The topological polar surface area (TPSA) is 61.8 Å². The fourth-order valence-corrected chi connectivity index (χ4v) is 4.33. The van der Waals surface area contributed by atoms with Gasteiger partial charge in [0, 0.05) is 25.8 Å². The highest BCUT2D eigenvalue weighted by molar-refractivity contribution is 7.90. The largest absolute Gasteiger partial charge is 0.355 e. The van der Waals surface area contributed by atoms with Gasteiger partial charge in [-0.3, -0.25) is 4.99 Å². The van der Waals surface area contributed by atoms with Crippen molar-refractivity contribution in [1.82, 2.24) is 5.32 Å². The minimum Gasteiger partial charge on any atom is -0.355 e. The van der Waals surface area contributed by atoms with E-state index in [0.717, 1.165) is 30.2 Å². The molecular weight excluding hydrogens is 334 g/mol. The Labute approximate surface area is 149 Å². The molecule has 1 N–H and O–H groups in total. The van der Waals surface area contributed by atoms with Crippen molar-refractivity contribution in [3.05, 3.63) is 65.7 Å². The average Bonchev–Trinajstić information content (AvgIpc) is 3.03. The maximum atomic E-state index is 12.3. The van der Waals surface area contributed by atoms with Crippen LogP contribution < -0.4 is 10.2 Å². The monoisotopic (exact) mass is 357 g/mol. The number of sulfone groups is 1. The van der Waals surface area contributed by atoms with Crippen LogP contribution in [0.5, 0.6) is 0 Å². The van der Waals surface area contributed by atoms with Gasteiger partial charge in [-0.2, -0.15) is 0 Å². The van der Waals surface area contributed by atoms with Gasteiger partial charge in [-0.1, -0.05) is 48.5 Å². The fraction of sp³-hybridized carbons (Fsp3) is 0.316. The van der Waals surface area contributed by atoms with Gasteiger partial charge in [0.15, 0.2) is 15.8 Å². The highest BCUT2D eigenvalue weighted by atomic mass is 32.2. The molecule has 3 rings (SSSR count). The highest BCUT2D eigenvalue weighted by Crippen LogP contribution is 2.27. The van der Waals surface area contributed by atoms with Crippen LogP contribution in [0.1, 0.15) is 11.1 Å². The van der Waals surface area contributed by atoms with E-state index in [-0.39, 0.29) is 11.5 Å². The Kier molecular flexibility index (Phi) is 5.38. The van der Waals surface area contributed by atoms with Crippen molar-refractivity contribution >= 4 is 21.5 Å². The van der Waals surface area contributed by atoms with Crippen LogP contribution in [0.4, 0.5) is 5.69 Å². The molecule has 0 aromatic heterocycles. The third-order valence-electron chi connectivity index (χ3n) is 4.28. The molecule has 0 radical (unpaired) electrons. The number of hydrogen-bond acceptors (Lipinski definition) is 3. The Morgan fingerprint density at radius 3 is 2.60 bits per heavy atom. The first-order valence-corrected chi connectivity index (χ1v) is 10.2. The molecule has 1 heterocycles. The number of anilines is 1. The lowest BCUT2D eigenvalue weighted by molar-refractivity contribution is 0.594. The number of benzene rings is 2. The average molecular weight is 357 g/mol. The van der Waals surface area contributed by atoms with Crippen LogP contribution in [0, 0.1) is 0 Å². The molecule has 0 saturated carbocycles. The summed E-state index contributed by atoms with van der Waals surface area (Å²) in [5.41, 5.74) is 3.25. The molecule has 2 aromatic carbocycles. The second-order valence-corrected chi connectivity index (χ2v) is 8.27. The van der Waals surface area contributed by atoms with Crippen molar-refractivity contribution in [2.45, 2.75) is 12.2 Å². The molecule has 1 aliphatic rings. The number of nitrogens with one attached hydrogen (secondary N) is 1. The molecular formula is C19H23N3O2S. The summed E-state index contributed by atoms with van der Waals surface area (Å²) >= 11 is 0. The highest BCUT2D eigenvalue weighted by Gasteiger charge is 2.22. The van der Waals surface area contributed by atoms with Gasteiger partial charge < -0.3 is 10.2 Å². The van der Waals surface area contributed by atoms with E-state index in [9.17, 15) is 8.42 Å². The smallest absolute Gasteiger partial charge is 0.198 e. The summed E-state index contributed by atoms with van der Waals surface area (Å²) in [6.45, 7) is 1.20. The third-order valence-corrected chi connectivity index (χ3v) is 5.88. The lowest BCUT2D eigenvalue weighted by Crippen LogP contribution is -2.42. The van der Waals surface area contributed by atoms with Crippen LogP contribution in [0.3, 0.4) is 0 Å². The zero-order chi connectivity index (χ0) is 17.7. The summed E-state index contributed by atoms with van der Waals surface area (Å²) in [7, 11) is -1.43. The van der Waals surface area contributed by atoms with E-state index in [1.807, 2.05) is 42.5 Å². The Morgan fingerprint density at radius 2 is 1.84 bits per heavy atom. The molecule has 0 amide bonds. The van der Waals surface area contributed by atoms with E-state index in [0.29, 0.717) is 6.54 Å². The van der Waals surface area contributed by atoms with E-state index in [4.69, 9.17) is 0 Å². The molecule has 6 heteroatoms. The van der Waals surface area contributed by atoms with E-state index in [2.05, 4.69) is 27.3 Å². The fourth-order valence-electron chi connectivity index (χ4n) is 3.07. The van der Waals surface area contributed by atoms with Crippen molar-refractivity contribution in [3.8, 4) is 0 Å². The summed E-state index contributed by atoms with van der Waals surface area (Å²) in [6.07, 6.45) is 0.975. The summed E-state index contributed by atoms with van der Waals surface area (Å²) in [5.74, 6) is 0.872. The second-order valence-electron chi connectivity index (χ2n) is 6.08. The first-order chi connectivity index (χ1) is 12.1. The van der Waals surface area contributed by atoms with Crippen molar-refractivity contribution < 1.29 is 8.42 Å². The molecule has 132 valence electrons. The molecule has 25 heavy (non-hydrogen) atoms. The number of guanidine groups is 1. The van der Waals surface area contributed by atoms with E-state index in [1.54, 1.807) is 7.05 Å². The minimum atomic E-state index is -3.16. The molecule has 5 nitrogen and oxygen atoms in total. The van der Waals surface area contributed by atoms with Crippen LogP contribution in [-0.4, -0.2) is 40.3 Å². The molecule has 0 fully saturated rings. The molecule has 0 atom stereocenters. The Balaban J connectivity index is 1.57. The van der Waals surface area contributed by atoms with Crippen molar-refractivity contribution in [2.75, 3.05) is 30.8 Å². The van der Waals surface area contributed by atoms with Crippen molar-refractivity contribution in [3.63, 3.8) is 0 Å². The lowest BCUT2D eigenvalue weighted by atomic mass is 10.2. The Hall–Kier alpha value is -2.34. The van der Waals surface area contributed by atoms with Crippen LogP contribution in [0.2, 0.25) is 0 Å². The van der Waals surface area contributed by atoms with Crippen LogP contribution in [0.25, 0.3) is 0 Å². The van der Waals surface area contributed by atoms with Gasteiger partial charge in [-0.05, 0) is 23.6 Å². The zero-order valence-corrected chi connectivity index (χ0v) is 15.2. The van der Waals surface area contributed by atoms with Gasteiger partial charge in [0.2, 0.25) is 0 Å². The molecule has 0 unspecified atom stereocenters. The van der Waals surface area contributed by atoms with Crippen LogP contribution in [-0.2, 0) is 22.0 Å².